The van der Waals surface area contributed by atoms with Crippen LogP contribution >= 0.6 is 0 Å². The van der Waals surface area contributed by atoms with Crippen LogP contribution in [0.15, 0.2) is 73.3 Å². The van der Waals surface area contributed by atoms with Crippen molar-refractivity contribution in [1.82, 2.24) is 10.2 Å². The van der Waals surface area contributed by atoms with Crippen LogP contribution in [0, 0.1) is 6.92 Å². The first kappa shape index (κ1) is 20.3. The Kier molecular flexibility index (Phi) is 5.76. The van der Waals surface area contributed by atoms with Gasteiger partial charge in [-0.1, -0.05) is 49.1 Å². The zero-order valence-electron chi connectivity index (χ0n) is 17.6. The number of ether oxygens (including phenoxy) is 2. The van der Waals surface area contributed by atoms with Crippen LogP contribution in [0.1, 0.15) is 16.8 Å². The molecular weight excluding hydrogens is 388 g/mol. The number of rotatable bonds is 7. The van der Waals surface area contributed by atoms with E-state index in [0.717, 1.165) is 33.7 Å². The molecule has 4 aromatic rings. The van der Waals surface area contributed by atoms with Crippen LogP contribution in [-0.4, -0.2) is 22.4 Å². The van der Waals surface area contributed by atoms with E-state index in [9.17, 15) is 5.11 Å². The topological polar surface area (TPSA) is 67.4 Å². The van der Waals surface area contributed by atoms with Crippen LogP contribution in [0.3, 0.4) is 0 Å². The van der Waals surface area contributed by atoms with E-state index < -0.39 is 0 Å². The van der Waals surface area contributed by atoms with E-state index >= 15 is 0 Å². The standard InChI is InChI=1S/C26H24N2O3/c1-4-18-5-7-19(8-6-18)16-31-22-13-14-23(24(29)15-22)26-25(17(2)27-28-26)20-9-11-21(30-3)12-10-20/h4-15,29H,1,16H2,2-3H3,(H,27,28). The number of H-pyrrole nitrogens is 1. The number of benzene rings is 3. The summed E-state index contributed by atoms with van der Waals surface area (Å²) in [5.41, 5.74) is 6.28. The first-order valence-corrected chi connectivity index (χ1v) is 9.96. The van der Waals surface area contributed by atoms with Gasteiger partial charge in [0.25, 0.3) is 0 Å². The number of aromatic amines is 1. The van der Waals surface area contributed by atoms with Crippen LogP contribution in [0.5, 0.6) is 17.2 Å². The average molecular weight is 412 g/mol. The minimum Gasteiger partial charge on any atom is -0.507 e. The van der Waals surface area contributed by atoms with Crippen molar-refractivity contribution >= 4 is 6.08 Å². The Bertz CT molecular complexity index is 1190. The van der Waals surface area contributed by atoms with Gasteiger partial charge < -0.3 is 14.6 Å². The summed E-state index contributed by atoms with van der Waals surface area (Å²) in [5.74, 6) is 1.49. The maximum absolute atomic E-state index is 10.7. The Balaban J connectivity index is 1.57. The van der Waals surface area contributed by atoms with E-state index in [0.29, 0.717) is 23.6 Å². The lowest BCUT2D eigenvalue weighted by Crippen LogP contribution is -1.95. The quantitative estimate of drug-likeness (QED) is 0.391. The van der Waals surface area contributed by atoms with Crippen molar-refractivity contribution in [2.75, 3.05) is 7.11 Å². The number of aromatic hydroxyl groups is 1. The number of nitrogens with zero attached hydrogens (tertiary/aromatic N) is 1. The first-order chi connectivity index (χ1) is 15.1. The molecule has 0 aliphatic rings. The molecule has 0 spiro atoms. The maximum atomic E-state index is 10.7. The van der Waals surface area contributed by atoms with Gasteiger partial charge in [-0.3, -0.25) is 5.10 Å². The van der Waals surface area contributed by atoms with Gasteiger partial charge in [0.2, 0.25) is 0 Å². The van der Waals surface area contributed by atoms with Gasteiger partial charge in [0, 0.05) is 22.9 Å². The summed E-state index contributed by atoms with van der Waals surface area (Å²) < 4.78 is 11.1. The second-order valence-corrected chi connectivity index (χ2v) is 7.21. The third-order valence-corrected chi connectivity index (χ3v) is 5.17. The van der Waals surface area contributed by atoms with Crippen molar-refractivity contribution in [3.63, 3.8) is 0 Å². The highest BCUT2D eigenvalue weighted by molar-refractivity contribution is 5.85. The Morgan fingerprint density at radius 1 is 1.00 bits per heavy atom. The fourth-order valence-electron chi connectivity index (χ4n) is 3.45. The summed E-state index contributed by atoms with van der Waals surface area (Å²) in [6.07, 6.45) is 1.80. The highest BCUT2D eigenvalue weighted by Gasteiger charge is 2.17. The van der Waals surface area contributed by atoms with Gasteiger partial charge in [0.05, 0.1) is 7.11 Å². The van der Waals surface area contributed by atoms with E-state index in [1.807, 2.05) is 67.6 Å². The molecule has 0 unspecified atom stereocenters. The molecule has 0 fully saturated rings. The summed E-state index contributed by atoms with van der Waals surface area (Å²) >= 11 is 0. The predicted molar refractivity (Wildman–Crippen MR) is 123 cm³/mol. The molecule has 2 N–H and O–H groups in total. The number of phenolic OH excluding ortho intramolecular Hbond substituents is 1. The maximum Gasteiger partial charge on any atom is 0.128 e. The lowest BCUT2D eigenvalue weighted by Gasteiger charge is -2.10. The number of aryl methyl sites for hydroxylation is 1. The molecule has 0 atom stereocenters. The molecule has 3 aromatic carbocycles. The molecule has 0 aliphatic heterocycles. The van der Waals surface area contributed by atoms with Crippen molar-refractivity contribution in [3.05, 3.63) is 90.1 Å². The van der Waals surface area contributed by atoms with Crippen LogP contribution in [-0.2, 0) is 6.61 Å². The fourth-order valence-corrected chi connectivity index (χ4v) is 3.45. The molecule has 156 valence electrons. The summed E-state index contributed by atoms with van der Waals surface area (Å²) in [6.45, 7) is 6.13. The van der Waals surface area contributed by atoms with Gasteiger partial charge in [0.15, 0.2) is 0 Å². The molecule has 1 aromatic heterocycles. The lowest BCUT2D eigenvalue weighted by atomic mass is 9.98. The number of nitrogens with one attached hydrogen (secondary N) is 1. The third-order valence-electron chi connectivity index (χ3n) is 5.17. The van der Waals surface area contributed by atoms with Crippen molar-refractivity contribution in [3.8, 4) is 39.6 Å². The molecule has 0 bridgehead atoms. The number of hydrogen-bond donors (Lipinski definition) is 2. The van der Waals surface area contributed by atoms with E-state index in [2.05, 4.69) is 16.8 Å². The van der Waals surface area contributed by atoms with Crippen LogP contribution in [0.25, 0.3) is 28.5 Å². The lowest BCUT2D eigenvalue weighted by molar-refractivity contribution is 0.304. The summed E-state index contributed by atoms with van der Waals surface area (Å²) in [7, 11) is 1.64. The average Bonchev–Trinajstić information content (AvgIpc) is 3.19. The summed E-state index contributed by atoms with van der Waals surface area (Å²) in [6, 6.07) is 21.0. The molecule has 0 saturated heterocycles. The smallest absolute Gasteiger partial charge is 0.128 e. The molecule has 0 amide bonds. The molecule has 4 rings (SSSR count). The number of methoxy groups -OCH3 is 1. The van der Waals surface area contributed by atoms with Gasteiger partial charge in [-0.15, -0.1) is 0 Å². The molecular formula is C26H24N2O3. The van der Waals surface area contributed by atoms with E-state index in [4.69, 9.17) is 9.47 Å². The number of aromatic nitrogens is 2. The van der Waals surface area contributed by atoms with Crippen molar-refractivity contribution in [2.24, 2.45) is 0 Å². The van der Waals surface area contributed by atoms with Crippen molar-refractivity contribution < 1.29 is 14.6 Å². The molecule has 31 heavy (non-hydrogen) atoms. The second-order valence-electron chi connectivity index (χ2n) is 7.21. The van der Waals surface area contributed by atoms with Crippen molar-refractivity contribution in [1.29, 1.82) is 0 Å². The minimum atomic E-state index is 0.112. The largest absolute Gasteiger partial charge is 0.507 e. The van der Waals surface area contributed by atoms with Crippen LogP contribution in [0.2, 0.25) is 0 Å². The Labute approximate surface area is 181 Å². The van der Waals surface area contributed by atoms with Crippen molar-refractivity contribution in [2.45, 2.75) is 13.5 Å². The highest BCUT2D eigenvalue weighted by atomic mass is 16.5. The Morgan fingerprint density at radius 2 is 1.71 bits per heavy atom. The normalized spacial score (nSPS) is 10.6. The number of hydrogen-bond acceptors (Lipinski definition) is 4. The number of phenols is 1. The van der Waals surface area contributed by atoms with Gasteiger partial charge in [0.1, 0.15) is 29.5 Å². The molecule has 1 heterocycles. The first-order valence-electron chi connectivity index (χ1n) is 9.96. The van der Waals surface area contributed by atoms with E-state index in [-0.39, 0.29) is 5.75 Å². The molecule has 0 radical (unpaired) electrons. The minimum absolute atomic E-state index is 0.112. The monoisotopic (exact) mass is 412 g/mol. The Hall–Kier alpha value is -3.99. The van der Waals surface area contributed by atoms with E-state index in [1.165, 1.54) is 0 Å². The SMILES string of the molecule is C=Cc1ccc(COc2ccc(-c3n[nH]c(C)c3-c3ccc(OC)cc3)c(O)c2)cc1. The zero-order valence-corrected chi connectivity index (χ0v) is 17.6. The molecule has 0 aliphatic carbocycles. The van der Waals surface area contributed by atoms with Crippen LogP contribution in [0.4, 0.5) is 0 Å². The predicted octanol–water partition coefficient (Wildman–Crippen LogP) is 5.99. The zero-order chi connectivity index (χ0) is 21.8. The van der Waals surface area contributed by atoms with Crippen LogP contribution < -0.4 is 9.47 Å². The molecule has 0 saturated carbocycles. The molecule has 5 heteroatoms. The Morgan fingerprint density at radius 3 is 2.35 bits per heavy atom. The van der Waals surface area contributed by atoms with Gasteiger partial charge in [-0.05, 0) is 47.9 Å². The van der Waals surface area contributed by atoms with E-state index in [1.54, 1.807) is 19.3 Å². The van der Waals surface area contributed by atoms with Gasteiger partial charge in [-0.25, -0.2) is 0 Å². The molecule has 5 nitrogen and oxygen atoms in total. The summed E-state index contributed by atoms with van der Waals surface area (Å²) in [4.78, 5) is 0. The van der Waals surface area contributed by atoms with Gasteiger partial charge in [-0.2, -0.15) is 5.10 Å². The van der Waals surface area contributed by atoms with Gasteiger partial charge >= 0.3 is 0 Å². The fraction of sp³-hybridized carbons (Fsp3) is 0.115. The third kappa shape index (κ3) is 4.31. The highest BCUT2D eigenvalue weighted by Crippen LogP contribution is 2.39. The second kappa shape index (κ2) is 8.79. The summed E-state index contributed by atoms with van der Waals surface area (Å²) in [5, 5.41) is 18.2.